The van der Waals surface area contributed by atoms with Gasteiger partial charge >= 0.3 is 5.97 Å². The summed E-state index contributed by atoms with van der Waals surface area (Å²) in [6, 6.07) is 2.50. The van der Waals surface area contributed by atoms with Crippen molar-refractivity contribution in [2.24, 2.45) is 34.5 Å². The summed E-state index contributed by atoms with van der Waals surface area (Å²) in [5.41, 5.74) is 1.59. The van der Waals surface area contributed by atoms with E-state index in [4.69, 9.17) is 4.74 Å². The summed E-state index contributed by atoms with van der Waals surface area (Å²) in [7, 11) is 0. The number of carbonyl (C=O) groups excluding carboxylic acids is 1. The van der Waals surface area contributed by atoms with Crippen LogP contribution in [0.4, 0.5) is 0 Å². The Bertz CT molecular complexity index is 647. The van der Waals surface area contributed by atoms with Crippen molar-refractivity contribution < 1.29 is 9.53 Å². The van der Waals surface area contributed by atoms with E-state index in [-0.39, 0.29) is 17.5 Å². The molecule has 0 aliphatic heterocycles. The lowest BCUT2D eigenvalue weighted by atomic mass is 9.44. The Morgan fingerprint density at radius 3 is 2.72 bits per heavy atom. The van der Waals surface area contributed by atoms with E-state index in [1.54, 1.807) is 0 Å². The summed E-state index contributed by atoms with van der Waals surface area (Å²) in [5, 5.41) is 9.55. The van der Waals surface area contributed by atoms with Gasteiger partial charge in [0.05, 0.1) is 6.07 Å². The van der Waals surface area contributed by atoms with Crippen molar-refractivity contribution in [1.82, 2.24) is 0 Å². The van der Waals surface area contributed by atoms with E-state index in [9.17, 15) is 10.1 Å². The summed E-state index contributed by atoms with van der Waals surface area (Å²) in [5.74, 6) is 2.80. The van der Waals surface area contributed by atoms with Gasteiger partial charge < -0.3 is 4.74 Å². The molecule has 0 N–H and O–H groups in total. The van der Waals surface area contributed by atoms with Gasteiger partial charge in [-0.1, -0.05) is 19.9 Å². The smallest absolute Gasteiger partial charge is 0.302 e. The number of nitrogens with zero attached hydrogens (tertiary/aromatic N) is 1. The Morgan fingerprint density at radius 2 is 2.00 bits per heavy atom. The van der Waals surface area contributed by atoms with Crippen LogP contribution in [0, 0.1) is 45.8 Å². The number of hydrogen-bond acceptors (Lipinski definition) is 3. The lowest BCUT2D eigenvalue weighted by molar-refractivity contribution is -0.158. The fourth-order valence-corrected chi connectivity index (χ4v) is 7.30. The average Bonchev–Trinajstić information content (AvgIpc) is 2.91. The number of fused-ring (bicyclic) bond motifs is 5. The van der Waals surface area contributed by atoms with E-state index in [0.717, 1.165) is 36.7 Å². The molecule has 3 heteroatoms. The van der Waals surface area contributed by atoms with Crippen molar-refractivity contribution in [2.45, 2.75) is 78.2 Å². The fraction of sp³-hybridized carbons (Fsp3) is 0.818. The average molecular weight is 341 g/mol. The summed E-state index contributed by atoms with van der Waals surface area (Å²) < 4.78 is 5.55. The number of hydrogen-bond donors (Lipinski definition) is 0. The first-order valence-electron chi connectivity index (χ1n) is 10.2. The van der Waals surface area contributed by atoms with E-state index in [0.29, 0.717) is 17.3 Å². The molecule has 4 aliphatic carbocycles. The molecule has 0 radical (unpaired) electrons. The van der Waals surface area contributed by atoms with Gasteiger partial charge in [0.2, 0.25) is 0 Å². The third kappa shape index (κ3) is 2.47. The van der Waals surface area contributed by atoms with Gasteiger partial charge in [0.1, 0.15) is 6.10 Å². The standard InChI is InChI=1S/C22H31NO2/c1-14(24)25-17-8-10-21(2)15(12-17)4-6-18-19-7-5-16(13-23)22(19,3)11-9-20(18)21/h5,15,17-20H,4,6-12H2,1-3H3/t15-,17-,18-,19+,20+,21-,22+/m0/s1. The monoisotopic (exact) mass is 341 g/mol. The minimum Gasteiger partial charge on any atom is -0.463 e. The van der Waals surface area contributed by atoms with Crippen LogP contribution in [-0.2, 0) is 9.53 Å². The van der Waals surface area contributed by atoms with Crippen LogP contribution in [0.5, 0.6) is 0 Å². The molecule has 3 nitrogen and oxygen atoms in total. The molecule has 0 heterocycles. The quantitative estimate of drug-likeness (QED) is 0.629. The molecule has 0 aromatic rings. The normalized spacial score (nSPS) is 48.4. The molecule has 0 amide bonds. The van der Waals surface area contributed by atoms with Crippen molar-refractivity contribution in [2.75, 3.05) is 0 Å². The van der Waals surface area contributed by atoms with E-state index in [1.165, 1.54) is 39.0 Å². The van der Waals surface area contributed by atoms with Crippen LogP contribution in [0.15, 0.2) is 11.6 Å². The Labute approximate surface area is 151 Å². The molecular formula is C22H31NO2. The van der Waals surface area contributed by atoms with Crippen LogP contribution in [0.2, 0.25) is 0 Å². The first-order chi connectivity index (χ1) is 11.9. The number of nitriles is 1. The van der Waals surface area contributed by atoms with Crippen molar-refractivity contribution in [3.63, 3.8) is 0 Å². The summed E-state index contributed by atoms with van der Waals surface area (Å²) in [4.78, 5) is 11.3. The molecule has 25 heavy (non-hydrogen) atoms. The van der Waals surface area contributed by atoms with Crippen LogP contribution < -0.4 is 0 Å². The maximum Gasteiger partial charge on any atom is 0.302 e. The molecule has 7 atom stereocenters. The van der Waals surface area contributed by atoms with Gasteiger partial charge in [-0.2, -0.15) is 5.26 Å². The zero-order chi connectivity index (χ0) is 17.8. The highest BCUT2D eigenvalue weighted by Gasteiger charge is 2.58. The maximum absolute atomic E-state index is 11.3. The molecule has 0 aromatic heterocycles. The predicted octanol–water partition coefficient (Wildman–Crippen LogP) is 5.02. The third-order valence-electron chi connectivity index (χ3n) is 8.65. The Hall–Kier alpha value is -1.30. The second kappa shape index (κ2) is 5.86. The first kappa shape index (κ1) is 17.1. The third-order valence-corrected chi connectivity index (χ3v) is 8.65. The van der Waals surface area contributed by atoms with Crippen LogP contribution in [0.25, 0.3) is 0 Å². The molecule has 0 aromatic carbocycles. The number of allylic oxidation sites excluding steroid dienone is 2. The first-order valence-corrected chi connectivity index (χ1v) is 10.2. The van der Waals surface area contributed by atoms with Crippen LogP contribution in [0.3, 0.4) is 0 Å². The predicted molar refractivity (Wildman–Crippen MR) is 96.4 cm³/mol. The molecule has 0 spiro atoms. The zero-order valence-corrected chi connectivity index (χ0v) is 15.9. The van der Waals surface area contributed by atoms with E-state index >= 15 is 0 Å². The summed E-state index contributed by atoms with van der Waals surface area (Å²) in [6.07, 6.45) is 11.8. The molecule has 0 saturated heterocycles. The minimum atomic E-state index is -0.128. The van der Waals surface area contributed by atoms with Gasteiger partial charge in [-0.3, -0.25) is 4.79 Å². The molecule has 3 saturated carbocycles. The highest BCUT2D eigenvalue weighted by Crippen LogP contribution is 2.66. The maximum atomic E-state index is 11.3. The topological polar surface area (TPSA) is 50.1 Å². The van der Waals surface area contributed by atoms with Gasteiger partial charge in [0.25, 0.3) is 0 Å². The number of esters is 1. The largest absolute Gasteiger partial charge is 0.463 e. The van der Waals surface area contributed by atoms with Crippen molar-refractivity contribution in [3.05, 3.63) is 11.6 Å². The van der Waals surface area contributed by atoms with Gasteiger partial charge in [0, 0.05) is 17.9 Å². The number of ether oxygens (including phenoxy) is 1. The fourth-order valence-electron chi connectivity index (χ4n) is 7.30. The lowest BCUT2D eigenvalue weighted by Gasteiger charge is -2.60. The Balaban J connectivity index is 1.54. The molecule has 136 valence electrons. The Morgan fingerprint density at radius 1 is 1.20 bits per heavy atom. The van der Waals surface area contributed by atoms with Crippen LogP contribution >= 0.6 is 0 Å². The van der Waals surface area contributed by atoms with Crippen molar-refractivity contribution in [1.29, 1.82) is 5.26 Å². The van der Waals surface area contributed by atoms with Crippen molar-refractivity contribution in [3.8, 4) is 6.07 Å². The minimum absolute atomic E-state index is 0.128. The second-order valence-corrected chi connectivity index (χ2v) is 9.58. The number of carbonyl (C=O) groups is 1. The lowest BCUT2D eigenvalue weighted by Crippen LogP contribution is -2.53. The van der Waals surface area contributed by atoms with E-state index in [1.807, 2.05) is 0 Å². The van der Waals surface area contributed by atoms with Crippen LogP contribution in [-0.4, -0.2) is 12.1 Å². The van der Waals surface area contributed by atoms with Crippen molar-refractivity contribution >= 4 is 5.97 Å². The molecule has 0 unspecified atom stereocenters. The highest BCUT2D eigenvalue weighted by molar-refractivity contribution is 5.66. The zero-order valence-electron chi connectivity index (χ0n) is 15.9. The second-order valence-electron chi connectivity index (χ2n) is 9.58. The molecule has 4 rings (SSSR count). The van der Waals surface area contributed by atoms with Gasteiger partial charge in [0.15, 0.2) is 0 Å². The van der Waals surface area contributed by atoms with Crippen LogP contribution in [0.1, 0.15) is 72.1 Å². The molecule has 4 aliphatic rings. The molecule has 0 bridgehead atoms. The summed E-state index contributed by atoms with van der Waals surface area (Å²) in [6.45, 7) is 6.41. The van der Waals surface area contributed by atoms with E-state index < -0.39 is 0 Å². The van der Waals surface area contributed by atoms with E-state index in [2.05, 4.69) is 26.0 Å². The van der Waals surface area contributed by atoms with Gasteiger partial charge in [-0.25, -0.2) is 0 Å². The SMILES string of the molecule is CC(=O)O[C@H]1CC[C@@]2(C)[C@@H](CC[C@@H]3[C@H]2CC[C@]2(C)C(C#N)=CC[C@H]32)C1. The molecular weight excluding hydrogens is 310 g/mol. The van der Waals surface area contributed by atoms with Gasteiger partial charge in [-0.05, 0) is 80.5 Å². The van der Waals surface area contributed by atoms with Gasteiger partial charge in [-0.15, -0.1) is 0 Å². The number of rotatable bonds is 1. The Kier molecular flexibility index (Phi) is 4.02. The highest BCUT2D eigenvalue weighted by atomic mass is 16.5. The summed E-state index contributed by atoms with van der Waals surface area (Å²) >= 11 is 0. The molecule has 3 fully saturated rings.